The lowest BCUT2D eigenvalue weighted by Gasteiger charge is -2.27. The third-order valence-corrected chi connectivity index (χ3v) is 5.63. The van der Waals surface area contributed by atoms with E-state index in [-0.39, 0.29) is 11.1 Å². The van der Waals surface area contributed by atoms with E-state index in [0.717, 1.165) is 18.4 Å². The van der Waals surface area contributed by atoms with Crippen LogP contribution in [0.1, 0.15) is 44.6 Å². The van der Waals surface area contributed by atoms with Gasteiger partial charge < -0.3 is 5.32 Å². The number of pyridine rings is 1. The third-order valence-electron chi connectivity index (χ3n) is 4.15. The summed E-state index contributed by atoms with van der Waals surface area (Å²) in [6.07, 6.45) is 7.50. The standard InChI is InChI=1S/C15H25N3O2S/c1-12(14-6-4-3-5-7-14)18-21(19,20)15-9-8-13(10-16-2)11-17-15/h8-9,11-12,14,16,18H,3-7,10H2,1-2H3. The van der Waals surface area contributed by atoms with Gasteiger partial charge in [0, 0.05) is 18.8 Å². The lowest BCUT2D eigenvalue weighted by molar-refractivity contribution is 0.303. The average molecular weight is 311 g/mol. The van der Waals surface area contributed by atoms with Crippen molar-refractivity contribution in [1.29, 1.82) is 0 Å². The van der Waals surface area contributed by atoms with Crippen LogP contribution >= 0.6 is 0 Å². The highest BCUT2D eigenvalue weighted by Gasteiger charge is 2.25. The minimum Gasteiger partial charge on any atom is -0.316 e. The zero-order valence-corrected chi connectivity index (χ0v) is 13.6. The van der Waals surface area contributed by atoms with Crippen molar-refractivity contribution in [3.05, 3.63) is 23.9 Å². The molecule has 1 aromatic rings. The van der Waals surface area contributed by atoms with Crippen LogP contribution in [-0.2, 0) is 16.6 Å². The van der Waals surface area contributed by atoms with Gasteiger partial charge >= 0.3 is 0 Å². The van der Waals surface area contributed by atoms with Gasteiger partial charge in [-0.25, -0.2) is 18.1 Å². The number of hydrogen-bond donors (Lipinski definition) is 2. The summed E-state index contributed by atoms with van der Waals surface area (Å²) in [6.45, 7) is 2.64. The van der Waals surface area contributed by atoms with Crippen LogP contribution in [0.3, 0.4) is 0 Å². The summed E-state index contributed by atoms with van der Waals surface area (Å²) >= 11 is 0. The Morgan fingerprint density at radius 3 is 2.57 bits per heavy atom. The minimum atomic E-state index is -3.52. The van der Waals surface area contributed by atoms with Crippen LogP contribution in [-0.4, -0.2) is 26.5 Å². The molecular formula is C15H25N3O2S. The molecule has 118 valence electrons. The highest BCUT2D eigenvalue weighted by molar-refractivity contribution is 7.89. The normalized spacial score (nSPS) is 18.6. The largest absolute Gasteiger partial charge is 0.316 e. The Bertz CT molecular complexity index is 537. The van der Waals surface area contributed by atoms with Gasteiger partial charge in [0.2, 0.25) is 0 Å². The molecule has 1 unspecified atom stereocenters. The second kappa shape index (κ2) is 7.33. The van der Waals surface area contributed by atoms with E-state index in [4.69, 9.17) is 0 Å². The van der Waals surface area contributed by atoms with E-state index >= 15 is 0 Å². The van der Waals surface area contributed by atoms with Crippen molar-refractivity contribution < 1.29 is 8.42 Å². The maximum atomic E-state index is 12.4. The Balaban J connectivity index is 2.03. The molecule has 0 spiro atoms. The number of hydrogen-bond acceptors (Lipinski definition) is 4. The van der Waals surface area contributed by atoms with Gasteiger partial charge in [0.05, 0.1) is 0 Å². The van der Waals surface area contributed by atoms with Gasteiger partial charge in [-0.1, -0.05) is 25.3 Å². The molecule has 0 radical (unpaired) electrons. The molecule has 2 rings (SSSR count). The molecule has 0 aromatic carbocycles. The molecule has 21 heavy (non-hydrogen) atoms. The first-order chi connectivity index (χ1) is 10.0. The molecule has 1 aromatic heterocycles. The summed E-state index contributed by atoms with van der Waals surface area (Å²) in [7, 11) is -1.68. The lowest BCUT2D eigenvalue weighted by Crippen LogP contribution is -2.39. The maximum absolute atomic E-state index is 12.4. The zero-order chi connectivity index (χ0) is 15.3. The molecule has 1 heterocycles. The van der Waals surface area contributed by atoms with E-state index in [1.807, 2.05) is 14.0 Å². The van der Waals surface area contributed by atoms with Crippen LogP contribution < -0.4 is 10.0 Å². The van der Waals surface area contributed by atoms with Crippen molar-refractivity contribution in [3.8, 4) is 0 Å². The molecule has 1 aliphatic rings. The van der Waals surface area contributed by atoms with Gasteiger partial charge in [-0.3, -0.25) is 0 Å². The summed E-state index contributed by atoms with van der Waals surface area (Å²) < 4.78 is 27.5. The molecule has 1 aliphatic carbocycles. The van der Waals surface area contributed by atoms with Crippen molar-refractivity contribution in [2.24, 2.45) is 5.92 Å². The number of aromatic nitrogens is 1. The minimum absolute atomic E-state index is 0.0333. The first-order valence-electron chi connectivity index (χ1n) is 7.65. The van der Waals surface area contributed by atoms with E-state index in [1.54, 1.807) is 18.3 Å². The molecule has 5 nitrogen and oxygen atoms in total. The van der Waals surface area contributed by atoms with Crippen LogP contribution in [0.2, 0.25) is 0 Å². The second-order valence-corrected chi connectivity index (χ2v) is 7.50. The molecule has 1 fully saturated rings. The van der Waals surface area contributed by atoms with Crippen molar-refractivity contribution in [2.45, 2.75) is 56.6 Å². The van der Waals surface area contributed by atoms with E-state index in [0.29, 0.717) is 12.5 Å². The predicted molar refractivity (Wildman–Crippen MR) is 83.4 cm³/mol. The molecule has 1 atom stereocenters. The fourth-order valence-corrected chi connectivity index (χ4v) is 4.16. The fourth-order valence-electron chi connectivity index (χ4n) is 2.91. The Hall–Kier alpha value is -0.980. The fraction of sp³-hybridized carbons (Fsp3) is 0.667. The quantitative estimate of drug-likeness (QED) is 0.843. The summed E-state index contributed by atoms with van der Waals surface area (Å²) in [4.78, 5) is 4.08. The third kappa shape index (κ3) is 4.49. The molecule has 2 N–H and O–H groups in total. The Labute approximate surface area is 127 Å². The molecule has 0 bridgehead atoms. The second-order valence-electron chi connectivity index (χ2n) is 5.84. The summed E-state index contributed by atoms with van der Waals surface area (Å²) in [6, 6.07) is 3.33. The number of nitrogens with one attached hydrogen (secondary N) is 2. The van der Waals surface area contributed by atoms with E-state index in [1.165, 1.54) is 19.3 Å². The van der Waals surface area contributed by atoms with Crippen molar-refractivity contribution >= 4 is 10.0 Å². The topological polar surface area (TPSA) is 71.1 Å². The molecule has 0 amide bonds. The molecular weight excluding hydrogens is 286 g/mol. The van der Waals surface area contributed by atoms with Crippen LogP contribution in [0.15, 0.2) is 23.4 Å². The monoisotopic (exact) mass is 311 g/mol. The average Bonchev–Trinajstić information content (AvgIpc) is 2.48. The van der Waals surface area contributed by atoms with Crippen molar-refractivity contribution in [1.82, 2.24) is 15.0 Å². The lowest BCUT2D eigenvalue weighted by atomic mass is 9.85. The van der Waals surface area contributed by atoms with Crippen molar-refractivity contribution in [2.75, 3.05) is 7.05 Å². The van der Waals surface area contributed by atoms with Gasteiger partial charge in [-0.15, -0.1) is 0 Å². The zero-order valence-electron chi connectivity index (χ0n) is 12.8. The van der Waals surface area contributed by atoms with E-state index in [9.17, 15) is 8.42 Å². The van der Waals surface area contributed by atoms with E-state index in [2.05, 4.69) is 15.0 Å². The summed E-state index contributed by atoms with van der Waals surface area (Å²) in [5, 5.41) is 3.11. The first kappa shape index (κ1) is 16.4. The van der Waals surface area contributed by atoms with E-state index < -0.39 is 10.0 Å². The summed E-state index contributed by atoms with van der Waals surface area (Å²) in [5.74, 6) is 0.442. The van der Waals surface area contributed by atoms with Crippen LogP contribution in [0, 0.1) is 5.92 Å². The van der Waals surface area contributed by atoms with Gasteiger partial charge in [0.1, 0.15) is 0 Å². The highest BCUT2D eigenvalue weighted by atomic mass is 32.2. The molecule has 1 saturated carbocycles. The Kier molecular flexibility index (Phi) is 5.72. The first-order valence-corrected chi connectivity index (χ1v) is 9.13. The maximum Gasteiger partial charge on any atom is 0.258 e. The number of sulfonamides is 1. The van der Waals surface area contributed by atoms with Gasteiger partial charge in [-0.2, -0.15) is 0 Å². The van der Waals surface area contributed by atoms with Crippen LogP contribution in [0.4, 0.5) is 0 Å². The predicted octanol–water partition coefficient (Wildman–Crippen LogP) is 2.05. The molecule has 6 heteroatoms. The van der Waals surface area contributed by atoms with Crippen molar-refractivity contribution in [3.63, 3.8) is 0 Å². The van der Waals surface area contributed by atoms with Gasteiger partial charge in [-0.05, 0) is 44.4 Å². The Morgan fingerprint density at radius 1 is 1.29 bits per heavy atom. The summed E-state index contributed by atoms with van der Waals surface area (Å²) in [5.41, 5.74) is 0.969. The Morgan fingerprint density at radius 2 is 2.00 bits per heavy atom. The SMILES string of the molecule is CNCc1ccc(S(=O)(=O)NC(C)C2CCCCC2)nc1. The van der Waals surface area contributed by atoms with Gasteiger partial charge in [0.15, 0.2) is 5.03 Å². The van der Waals surface area contributed by atoms with Crippen LogP contribution in [0.25, 0.3) is 0 Å². The number of nitrogens with zero attached hydrogens (tertiary/aromatic N) is 1. The number of rotatable bonds is 6. The molecule has 0 aliphatic heterocycles. The van der Waals surface area contributed by atoms with Crippen LogP contribution in [0.5, 0.6) is 0 Å². The smallest absolute Gasteiger partial charge is 0.258 e. The molecule has 0 saturated heterocycles. The highest BCUT2D eigenvalue weighted by Crippen LogP contribution is 2.27. The van der Waals surface area contributed by atoms with Gasteiger partial charge in [0.25, 0.3) is 10.0 Å².